The molecule has 3 aliphatic heterocycles. The third kappa shape index (κ3) is 27.5. The van der Waals surface area contributed by atoms with Gasteiger partial charge in [0.1, 0.15) is 19.8 Å². The van der Waals surface area contributed by atoms with Crippen molar-refractivity contribution in [3.8, 4) is 0 Å². The fourth-order valence-electron chi connectivity index (χ4n) is 10.3. The molecule has 3 aliphatic rings. The SMILES string of the molecule is CC(=O)NC1[C@H](OCCNC(=O)CCOCC(COCCC(=O)NCCO[C@@H]2OC(COC(C)=O)[C@H](C)[C@H](C)C2NC(C)=O)(COCCC(=O)NCCO[C@@H]2OC(COC(C)=O)[C@H](C)[C@H](C)C2NC(C)=O)NC(C)C)OC(COC(C)=O)[C@H](C)[C@@H]1C. The van der Waals surface area contributed by atoms with Crippen LogP contribution in [0.3, 0.4) is 0 Å². The molecule has 0 spiro atoms. The van der Waals surface area contributed by atoms with E-state index in [1.807, 2.05) is 55.4 Å². The summed E-state index contributed by atoms with van der Waals surface area (Å²) in [6.07, 6.45) is -4.10. The average Bonchev–Trinajstić information content (AvgIpc) is 1.18. The lowest BCUT2D eigenvalue weighted by atomic mass is 9.82. The number of nitrogens with one attached hydrogen (secondary N) is 7. The number of hydrogen-bond donors (Lipinski definition) is 7. The van der Waals surface area contributed by atoms with E-state index in [0.29, 0.717) is 0 Å². The summed E-state index contributed by atoms with van der Waals surface area (Å²) in [5.74, 6) is -3.60. The number of hydrogen-bond acceptors (Lipinski definition) is 22. The van der Waals surface area contributed by atoms with Crippen LogP contribution in [0.5, 0.6) is 0 Å². The molecular formula is C58H101N7O21. The van der Waals surface area contributed by atoms with E-state index in [0.717, 1.165) is 0 Å². The number of esters is 3. The van der Waals surface area contributed by atoms with Gasteiger partial charge in [-0.3, -0.25) is 43.2 Å². The summed E-state index contributed by atoms with van der Waals surface area (Å²) in [5, 5.41) is 20.6. The minimum absolute atomic E-state index is 0.00274. The third-order valence-electron chi connectivity index (χ3n) is 15.5. The van der Waals surface area contributed by atoms with Crippen LogP contribution in [0.15, 0.2) is 0 Å². The van der Waals surface area contributed by atoms with Crippen molar-refractivity contribution >= 4 is 53.4 Å². The van der Waals surface area contributed by atoms with Gasteiger partial charge in [0, 0.05) is 86.5 Å². The summed E-state index contributed by atoms with van der Waals surface area (Å²) < 4.78 is 70.5. The number of carbonyl (C=O) groups excluding carboxylic acids is 9. The zero-order valence-corrected chi connectivity index (χ0v) is 53.0. The standard InChI is InChI=1S/C58H101N7O21/c1-33(2)65-58(30-75-21-15-49(72)59-18-24-78-55-52(62-40(9)66)37(6)34(3)46(84-55)27-81-43(12)69,31-76-22-16-50(73)60-19-25-79-56-53(63-41(10)67)38(7)35(4)47(85-56)28-82-44(13)70)32-77-23-17-51(74)61-20-26-80-57-54(64-42(11)68)39(8)36(5)48(86-57)29-83-45(14)71/h33-39,46-48,52-57,65H,15-32H2,1-14H3,(H,59,72)(H,60,73)(H,61,74)(H,62,66)(H,63,67)(H,64,68)/t34-,35-,36-,37+,38+,39+,46?,47?,48?,52?,53?,54?,55-,56-,57-,58?/m1/s1. The van der Waals surface area contributed by atoms with Crippen LogP contribution < -0.4 is 37.2 Å². The van der Waals surface area contributed by atoms with Crippen LogP contribution in [0.4, 0.5) is 0 Å². The second-order valence-electron chi connectivity index (χ2n) is 23.0. The molecule has 0 radical (unpaired) electrons. The Labute approximate surface area is 506 Å². The molecule has 3 heterocycles. The maximum Gasteiger partial charge on any atom is 0.302 e. The van der Waals surface area contributed by atoms with Gasteiger partial charge in [0.2, 0.25) is 35.4 Å². The van der Waals surface area contributed by atoms with E-state index in [9.17, 15) is 43.2 Å². The number of carbonyl (C=O) groups is 9. The lowest BCUT2D eigenvalue weighted by molar-refractivity contribution is -0.243. The monoisotopic (exact) mass is 1230 g/mol. The molecule has 494 valence electrons. The first-order valence-corrected chi connectivity index (χ1v) is 30.0. The molecule has 7 N–H and O–H groups in total. The zero-order valence-electron chi connectivity index (χ0n) is 53.0. The zero-order chi connectivity index (χ0) is 64.1. The quantitative estimate of drug-likeness (QED) is 0.0252. The minimum atomic E-state index is -1.03. The van der Waals surface area contributed by atoms with Crippen LogP contribution in [0, 0.1) is 35.5 Å². The molecule has 0 bridgehead atoms. The smallest absolute Gasteiger partial charge is 0.302 e. The first-order valence-electron chi connectivity index (χ1n) is 30.0. The number of amides is 6. The Kier molecular flexibility index (Phi) is 34.0. The van der Waals surface area contributed by atoms with Gasteiger partial charge in [0.25, 0.3) is 0 Å². The molecule has 0 aromatic rings. The van der Waals surface area contributed by atoms with Crippen molar-refractivity contribution in [1.29, 1.82) is 0 Å². The fraction of sp³-hybridized carbons (Fsp3) is 0.845. The minimum Gasteiger partial charge on any atom is -0.463 e. The van der Waals surface area contributed by atoms with Crippen LogP contribution in [-0.4, -0.2) is 219 Å². The Balaban J connectivity index is 1.59. The van der Waals surface area contributed by atoms with E-state index < -0.39 is 78.8 Å². The molecule has 3 rings (SSSR count). The van der Waals surface area contributed by atoms with Gasteiger partial charge < -0.3 is 94.1 Å². The van der Waals surface area contributed by atoms with E-state index in [4.69, 9.17) is 56.8 Å². The van der Waals surface area contributed by atoms with Gasteiger partial charge in [-0.2, -0.15) is 0 Å². The molecule has 6 unspecified atom stereocenters. The summed E-state index contributed by atoms with van der Waals surface area (Å²) in [4.78, 5) is 110. The van der Waals surface area contributed by atoms with E-state index in [1.165, 1.54) is 41.5 Å². The first-order chi connectivity index (χ1) is 40.6. The predicted molar refractivity (Wildman–Crippen MR) is 308 cm³/mol. The van der Waals surface area contributed by atoms with Crippen molar-refractivity contribution in [1.82, 2.24) is 37.2 Å². The molecule has 6 amide bonds. The Bertz CT molecular complexity index is 1920. The summed E-state index contributed by atoms with van der Waals surface area (Å²) in [5.41, 5.74) is -1.03. The Morgan fingerprint density at radius 3 is 0.907 bits per heavy atom. The lowest BCUT2D eigenvalue weighted by Gasteiger charge is -2.44. The van der Waals surface area contributed by atoms with Crippen molar-refractivity contribution in [2.75, 3.05) is 98.9 Å². The summed E-state index contributed by atoms with van der Waals surface area (Å²) in [7, 11) is 0. The van der Waals surface area contributed by atoms with Crippen molar-refractivity contribution in [2.45, 2.75) is 183 Å². The molecule has 0 saturated carbocycles. The molecule has 28 nitrogen and oxygen atoms in total. The van der Waals surface area contributed by atoms with E-state index in [-0.39, 0.29) is 195 Å². The second-order valence-corrected chi connectivity index (χ2v) is 23.0. The highest BCUT2D eigenvalue weighted by atomic mass is 16.7. The highest BCUT2D eigenvalue weighted by Gasteiger charge is 2.46. The van der Waals surface area contributed by atoms with E-state index in [2.05, 4.69) is 37.2 Å². The maximum absolute atomic E-state index is 13.1. The number of rotatable bonds is 38. The van der Waals surface area contributed by atoms with Crippen LogP contribution in [0.1, 0.15) is 116 Å². The summed E-state index contributed by atoms with van der Waals surface area (Å²) >= 11 is 0. The molecule has 0 aromatic carbocycles. The molecule has 15 atom stereocenters. The van der Waals surface area contributed by atoms with E-state index in [1.54, 1.807) is 0 Å². The topological polar surface area (TPSA) is 349 Å². The predicted octanol–water partition coefficient (Wildman–Crippen LogP) is 0.536. The Morgan fingerprint density at radius 2 is 0.674 bits per heavy atom. The second kappa shape index (κ2) is 39.0. The third-order valence-corrected chi connectivity index (χ3v) is 15.5. The normalized spacial score (nSPS) is 28.0. The van der Waals surface area contributed by atoms with Crippen LogP contribution in [-0.2, 0) is 100.0 Å². The highest BCUT2D eigenvalue weighted by Crippen LogP contribution is 2.34. The van der Waals surface area contributed by atoms with E-state index >= 15 is 0 Å². The van der Waals surface area contributed by atoms with Crippen LogP contribution in [0.2, 0.25) is 0 Å². The molecule has 3 saturated heterocycles. The van der Waals surface area contributed by atoms with Crippen LogP contribution >= 0.6 is 0 Å². The van der Waals surface area contributed by atoms with Gasteiger partial charge in [0.15, 0.2) is 18.9 Å². The molecular weight excluding hydrogens is 1130 g/mol. The Morgan fingerprint density at radius 1 is 0.407 bits per heavy atom. The van der Waals surface area contributed by atoms with Crippen molar-refractivity contribution in [3.63, 3.8) is 0 Å². The summed E-state index contributed by atoms with van der Waals surface area (Å²) in [6.45, 7) is 24.2. The van der Waals surface area contributed by atoms with Crippen molar-refractivity contribution in [2.24, 2.45) is 35.5 Å². The first kappa shape index (κ1) is 75.1. The molecule has 28 heteroatoms. The maximum atomic E-state index is 13.1. The van der Waals surface area contributed by atoms with Gasteiger partial charge in [-0.25, -0.2) is 0 Å². The fourth-order valence-corrected chi connectivity index (χ4v) is 10.3. The van der Waals surface area contributed by atoms with Gasteiger partial charge in [-0.1, -0.05) is 55.4 Å². The number of ether oxygens (including phenoxy) is 12. The molecule has 0 aliphatic carbocycles. The van der Waals surface area contributed by atoms with Crippen LogP contribution in [0.25, 0.3) is 0 Å². The van der Waals surface area contributed by atoms with Gasteiger partial charge in [0.05, 0.1) is 101 Å². The van der Waals surface area contributed by atoms with Crippen molar-refractivity contribution < 1.29 is 100.0 Å². The lowest BCUT2D eigenvalue weighted by Crippen LogP contribution is -2.59. The largest absolute Gasteiger partial charge is 0.463 e. The van der Waals surface area contributed by atoms with Gasteiger partial charge in [-0.05, 0) is 35.5 Å². The Hall–Kier alpha value is -5.17. The van der Waals surface area contributed by atoms with Gasteiger partial charge >= 0.3 is 17.9 Å². The molecule has 86 heavy (non-hydrogen) atoms. The average molecular weight is 1230 g/mol. The van der Waals surface area contributed by atoms with Crippen molar-refractivity contribution in [3.05, 3.63) is 0 Å². The molecule has 0 aromatic heterocycles. The van der Waals surface area contributed by atoms with Gasteiger partial charge in [-0.15, -0.1) is 0 Å². The summed E-state index contributed by atoms with van der Waals surface area (Å²) in [6, 6.07) is -1.60. The molecule has 3 fully saturated rings. The highest BCUT2D eigenvalue weighted by molar-refractivity contribution is 5.77.